The lowest BCUT2D eigenvalue weighted by atomic mass is 9.78. The summed E-state index contributed by atoms with van der Waals surface area (Å²) >= 11 is 0. The highest BCUT2D eigenvalue weighted by Gasteiger charge is 2.42. The first-order valence-corrected chi connectivity index (χ1v) is 5.80. The maximum Gasteiger partial charge on any atom is 0.0942 e. The molecule has 0 aromatic heterocycles. The van der Waals surface area contributed by atoms with E-state index >= 15 is 0 Å². The van der Waals surface area contributed by atoms with E-state index in [2.05, 4.69) is 24.4 Å². The van der Waals surface area contributed by atoms with Crippen LogP contribution in [0.1, 0.15) is 25.3 Å². The molecule has 0 aliphatic carbocycles. The highest BCUT2D eigenvalue weighted by molar-refractivity contribution is 5.83. The van der Waals surface area contributed by atoms with Gasteiger partial charge in [-0.15, -0.1) is 0 Å². The molecule has 3 nitrogen and oxygen atoms in total. The van der Waals surface area contributed by atoms with Crippen molar-refractivity contribution >= 4 is 5.84 Å². The van der Waals surface area contributed by atoms with Crippen molar-refractivity contribution in [3.05, 3.63) is 35.9 Å². The van der Waals surface area contributed by atoms with Crippen molar-refractivity contribution in [2.75, 3.05) is 6.54 Å². The molecule has 1 aromatic carbocycles. The third kappa shape index (κ3) is 1.71. The normalized spacial score (nSPS) is 29.1. The van der Waals surface area contributed by atoms with Crippen molar-refractivity contribution < 1.29 is 0 Å². The van der Waals surface area contributed by atoms with E-state index in [1.54, 1.807) is 0 Å². The molecule has 1 saturated heterocycles. The van der Waals surface area contributed by atoms with Crippen LogP contribution >= 0.6 is 0 Å². The van der Waals surface area contributed by atoms with Gasteiger partial charge >= 0.3 is 0 Å². The third-order valence-electron chi connectivity index (χ3n) is 3.55. The van der Waals surface area contributed by atoms with Gasteiger partial charge < -0.3 is 11.1 Å². The zero-order chi connectivity index (χ0) is 11.6. The Balaban J connectivity index is 2.40. The molecule has 0 amide bonds. The summed E-state index contributed by atoms with van der Waals surface area (Å²) in [6, 6.07) is 10.4. The predicted molar refractivity (Wildman–Crippen MR) is 66.4 cm³/mol. The summed E-state index contributed by atoms with van der Waals surface area (Å²) in [6.07, 6.45) is 1.69. The van der Waals surface area contributed by atoms with Crippen molar-refractivity contribution in [2.45, 2.75) is 25.3 Å². The molecule has 1 aliphatic heterocycles. The summed E-state index contributed by atoms with van der Waals surface area (Å²) in [6.45, 7) is 2.83. The van der Waals surface area contributed by atoms with Crippen LogP contribution in [-0.2, 0) is 5.54 Å². The second-order valence-electron chi connectivity index (χ2n) is 4.58. The fourth-order valence-corrected chi connectivity index (χ4v) is 2.70. The minimum Gasteiger partial charge on any atom is -0.364 e. The molecule has 86 valence electrons. The second-order valence-corrected chi connectivity index (χ2v) is 4.58. The number of hydrogen-bond acceptors (Lipinski definition) is 2. The summed E-state index contributed by atoms with van der Waals surface area (Å²) < 4.78 is 0. The van der Waals surface area contributed by atoms with E-state index in [-0.39, 0.29) is 5.54 Å². The fourth-order valence-electron chi connectivity index (χ4n) is 2.70. The third-order valence-corrected chi connectivity index (χ3v) is 3.55. The molecule has 2 atom stereocenters. The molecule has 2 rings (SSSR count). The van der Waals surface area contributed by atoms with Gasteiger partial charge in [0.15, 0.2) is 0 Å². The lowest BCUT2D eigenvalue weighted by Crippen LogP contribution is -2.43. The van der Waals surface area contributed by atoms with Crippen LogP contribution in [0.15, 0.2) is 30.3 Å². The standard InChI is InChI=1S/C13H19N3/c1-10-9-12(15)16-13(10,7-8-14)11-5-3-2-4-6-11/h2-6,10H,7-9,14H2,1H3,(H2,15,16). The summed E-state index contributed by atoms with van der Waals surface area (Å²) in [7, 11) is 0. The van der Waals surface area contributed by atoms with Crippen LogP contribution in [0.25, 0.3) is 0 Å². The molecule has 1 aliphatic rings. The molecule has 16 heavy (non-hydrogen) atoms. The van der Waals surface area contributed by atoms with Gasteiger partial charge in [0.1, 0.15) is 0 Å². The van der Waals surface area contributed by atoms with Gasteiger partial charge in [-0.2, -0.15) is 0 Å². The van der Waals surface area contributed by atoms with Crippen LogP contribution in [0.4, 0.5) is 0 Å². The van der Waals surface area contributed by atoms with Gasteiger partial charge in [0.2, 0.25) is 0 Å². The number of benzene rings is 1. The first-order chi connectivity index (χ1) is 7.69. The molecule has 1 fully saturated rings. The van der Waals surface area contributed by atoms with Gasteiger partial charge in [0, 0.05) is 6.42 Å². The van der Waals surface area contributed by atoms with E-state index < -0.39 is 0 Å². The summed E-state index contributed by atoms with van der Waals surface area (Å²) in [5.74, 6) is 1.05. The number of amidine groups is 1. The Morgan fingerprint density at radius 3 is 2.62 bits per heavy atom. The van der Waals surface area contributed by atoms with Crippen molar-refractivity contribution in [2.24, 2.45) is 11.7 Å². The number of hydrogen-bond donors (Lipinski definition) is 3. The summed E-state index contributed by atoms with van der Waals surface area (Å²) in [5, 5.41) is 11.1. The fraction of sp³-hybridized carbons (Fsp3) is 0.462. The summed E-state index contributed by atoms with van der Waals surface area (Å²) in [5.41, 5.74) is 6.84. The molecule has 3 heteroatoms. The first kappa shape index (κ1) is 11.1. The van der Waals surface area contributed by atoms with E-state index in [0.29, 0.717) is 18.3 Å². The molecule has 1 aromatic rings. The van der Waals surface area contributed by atoms with Crippen LogP contribution < -0.4 is 11.1 Å². The van der Waals surface area contributed by atoms with Gasteiger partial charge in [0.05, 0.1) is 11.4 Å². The summed E-state index contributed by atoms with van der Waals surface area (Å²) in [4.78, 5) is 0. The molecule has 0 spiro atoms. The molecule has 0 radical (unpaired) electrons. The van der Waals surface area contributed by atoms with Crippen molar-refractivity contribution in [3.63, 3.8) is 0 Å². The highest BCUT2D eigenvalue weighted by atomic mass is 15.1. The van der Waals surface area contributed by atoms with Crippen LogP contribution in [0, 0.1) is 11.3 Å². The number of nitrogens with two attached hydrogens (primary N) is 1. The van der Waals surface area contributed by atoms with Gasteiger partial charge in [-0.3, -0.25) is 5.41 Å². The zero-order valence-corrected chi connectivity index (χ0v) is 9.66. The lowest BCUT2D eigenvalue weighted by Gasteiger charge is -2.34. The first-order valence-electron chi connectivity index (χ1n) is 5.80. The minimum atomic E-state index is -0.132. The molecule has 0 saturated carbocycles. The monoisotopic (exact) mass is 217 g/mol. The van der Waals surface area contributed by atoms with E-state index in [1.165, 1.54) is 5.56 Å². The zero-order valence-electron chi connectivity index (χ0n) is 9.66. The van der Waals surface area contributed by atoms with Crippen LogP contribution in [0.3, 0.4) is 0 Å². The van der Waals surface area contributed by atoms with Gasteiger partial charge in [-0.25, -0.2) is 0 Å². The Kier molecular flexibility index (Phi) is 2.97. The van der Waals surface area contributed by atoms with E-state index in [0.717, 1.165) is 12.8 Å². The molecule has 4 N–H and O–H groups in total. The predicted octanol–water partition coefficient (Wildman–Crippen LogP) is 1.84. The van der Waals surface area contributed by atoms with Crippen molar-refractivity contribution in [1.82, 2.24) is 5.32 Å². The van der Waals surface area contributed by atoms with Crippen LogP contribution in [0.5, 0.6) is 0 Å². The maximum absolute atomic E-state index is 7.81. The molecule has 1 heterocycles. The van der Waals surface area contributed by atoms with Gasteiger partial charge in [-0.05, 0) is 24.4 Å². The van der Waals surface area contributed by atoms with E-state index in [9.17, 15) is 0 Å². The lowest BCUT2D eigenvalue weighted by molar-refractivity contribution is 0.287. The van der Waals surface area contributed by atoms with E-state index in [4.69, 9.17) is 11.1 Å². The Labute approximate surface area is 96.6 Å². The van der Waals surface area contributed by atoms with Crippen LogP contribution in [0.2, 0.25) is 0 Å². The topological polar surface area (TPSA) is 61.9 Å². The average Bonchev–Trinajstić information content (AvgIpc) is 2.57. The second kappa shape index (κ2) is 4.26. The largest absolute Gasteiger partial charge is 0.364 e. The van der Waals surface area contributed by atoms with Gasteiger partial charge in [-0.1, -0.05) is 37.3 Å². The smallest absolute Gasteiger partial charge is 0.0942 e. The number of nitrogens with one attached hydrogen (secondary N) is 2. The molecular formula is C13H19N3. The van der Waals surface area contributed by atoms with Gasteiger partial charge in [0.25, 0.3) is 0 Å². The SMILES string of the molecule is CC1CC(=N)NC1(CCN)c1ccccc1. The quantitative estimate of drug-likeness (QED) is 0.723. The molecule has 2 unspecified atom stereocenters. The van der Waals surface area contributed by atoms with Crippen molar-refractivity contribution in [1.29, 1.82) is 5.41 Å². The highest BCUT2D eigenvalue weighted by Crippen LogP contribution is 2.39. The maximum atomic E-state index is 7.81. The average molecular weight is 217 g/mol. The Bertz CT molecular complexity index is 374. The number of rotatable bonds is 3. The van der Waals surface area contributed by atoms with Crippen molar-refractivity contribution in [3.8, 4) is 0 Å². The Morgan fingerprint density at radius 1 is 1.44 bits per heavy atom. The molecule has 0 bridgehead atoms. The Hall–Kier alpha value is -1.35. The minimum absolute atomic E-state index is 0.132. The Morgan fingerprint density at radius 2 is 2.12 bits per heavy atom. The van der Waals surface area contributed by atoms with Crippen LogP contribution in [-0.4, -0.2) is 12.4 Å². The molecular weight excluding hydrogens is 198 g/mol. The van der Waals surface area contributed by atoms with E-state index in [1.807, 2.05) is 18.2 Å².